The molecule has 1 atom stereocenters. The average molecular weight is 233 g/mol. The number of hydrogen-bond acceptors (Lipinski definition) is 1. The average Bonchev–Trinajstić information content (AvgIpc) is 2.38. The third-order valence-corrected chi connectivity index (χ3v) is 3.60. The van der Waals surface area contributed by atoms with Crippen LogP contribution in [0.3, 0.4) is 0 Å². The Balaban J connectivity index is 2.73. The summed E-state index contributed by atoms with van der Waals surface area (Å²) in [6.45, 7) is 6.68. The first-order chi connectivity index (χ1) is 8.22. The van der Waals surface area contributed by atoms with Crippen LogP contribution in [0.25, 0.3) is 0 Å². The Kier molecular flexibility index (Phi) is 6.28. The lowest BCUT2D eigenvalue weighted by atomic mass is 9.86. The van der Waals surface area contributed by atoms with Crippen molar-refractivity contribution in [2.24, 2.45) is 11.7 Å². The minimum Gasteiger partial charge on any atom is -0.324 e. The van der Waals surface area contributed by atoms with E-state index in [0.717, 1.165) is 6.42 Å². The molecule has 0 aliphatic heterocycles. The molecule has 2 N–H and O–H groups in total. The Hall–Kier alpha value is -0.820. The molecule has 0 aliphatic carbocycles. The maximum Gasteiger partial charge on any atom is 0.0323 e. The summed E-state index contributed by atoms with van der Waals surface area (Å²) in [7, 11) is 0. The van der Waals surface area contributed by atoms with E-state index >= 15 is 0 Å². The van der Waals surface area contributed by atoms with E-state index in [-0.39, 0.29) is 6.04 Å². The van der Waals surface area contributed by atoms with Gasteiger partial charge < -0.3 is 5.73 Å². The van der Waals surface area contributed by atoms with Crippen molar-refractivity contribution in [2.75, 3.05) is 0 Å². The fourth-order valence-corrected chi connectivity index (χ4v) is 2.49. The van der Waals surface area contributed by atoms with Crippen molar-refractivity contribution in [1.82, 2.24) is 0 Å². The Morgan fingerprint density at radius 3 is 1.88 bits per heavy atom. The number of aryl methyl sites for hydroxylation is 1. The monoisotopic (exact) mass is 233 g/mol. The Morgan fingerprint density at radius 2 is 1.47 bits per heavy atom. The second-order valence-electron chi connectivity index (χ2n) is 4.96. The van der Waals surface area contributed by atoms with Crippen LogP contribution in [0.2, 0.25) is 0 Å². The zero-order chi connectivity index (χ0) is 12.7. The quantitative estimate of drug-likeness (QED) is 0.739. The highest BCUT2D eigenvalue weighted by molar-refractivity contribution is 5.25. The van der Waals surface area contributed by atoms with Gasteiger partial charge in [-0.25, -0.2) is 0 Å². The smallest absolute Gasteiger partial charge is 0.0323 e. The molecule has 0 radical (unpaired) electrons. The molecule has 0 bridgehead atoms. The van der Waals surface area contributed by atoms with E-state index < -0.39 is 0 Å². The third kappa shape index (κ3) is 4.16. The first kappa shape index (κ1) is 14.2. The van der Waals surface area contributed by atoms with Crippen molar-refractivity contribution < 1.29 is 0 Å². The van der Waals surface area contributed by atoms with Gasteiger partial charge in [0.15, 0.2) is 0 Å². The molecule has 0 amide bonds. The van der Waals surface area contributed by atoms with Gasteiger partial charge in [0.05, 0.1) is 0 Å². The molecule has 1 aromatic carbocycles. The molecule has 96 valence electrons. The van der Waals surface area contributed by atoms with E-state index in [1.807, 2.05) is 0 Å². The van der Waals surface area contributed by atoms with Gasteiger partial charge in [-0.3, -0.25) is 0 Å². The fraction of sp³-hybridized carbons (Fsp3) is 0.625. The topological polar surface area (TPSA) is 26.0 Å². The zero-order valence-corrected chi connectivity index (χ0v) is 11.6. The van der Waals surface area contributed by atoms with Gasteiger partial charge in [0.2, 0.25) is 0 Å². The van der Waals surface area contributed by atoms with Gasteiger partial charge in [-0.05, 0) is 36.3 Å². The lowest BCUT2D eigenvalue weighted by Gasteiger charge is -2.23. The first-order valence-corrected chi connectivity index (χ1v) is 7.07. The molecule has 0 spiro atoms. The lowest BCUT2D eigenvalue weighted by Crippen LogP contribution is -2.21. The van der Waals surface area contributed by atoms with Crippen LogP contribution in [0.15, 0.2) is 24.3 Å². The van der Waals surface area contributed by atoms with Crippen LogP contribution in [-0.4, -0.2) is 0 Å². The standard InChI is InChI=1S/C16H27N/c1-4-7-14(8-5-2)16(17)15-11-9-13(6-3)10-12-15/h9-12,14,16H,4-8,17H2,1-3H3. The normalized spacial score (nSPS) is 13.0. The summed E-state index contributed by atoms with van der Waals surface area (Å²) in [4.78, 5) is 0. The van der Waals surface area contributed by atoms with E-state index in [1.54, 1.807) is 0 Å². The molecule has 0 heterocycles. The van der Waals surface area contributed by atoms with E-state index in [1.165, 1.54) is 36.8 Å². The summed E-state index contributed by atoms with van der Waals surface area (Å²) in [5.41, 5.74) is 9.10. The Bertz CT molecular complexity index is 296. The van der Waals surface area contributed by atoms with Gasteiger partial charge in [0.1, 0.15) is 0 Å². The summed E-state index contributed by atoms with van der Waals surface area (Å²) >= 11 is 0. The molecule has 0 saturated carbocycles. The molecule has 1 aromatic rings. The minimum absolute atomic E-state index is 0.209. The van der Waals surface area contributed by atoms with Crippen molar-refractivity contribution in [2.45, 2.75) is 58.9 Å². The second-order valence-corrected chi connectivity index (χ2v) is 4.96. The van der Waals surface area contributed by atoms with Gasteiger partial charge >= 0.3 is 0 Å². The van der Waals surface area contributed by atoms with Crippen LogP contribution in [0.4, 0.5) is 0 Å². The molecular formula is C16H27N. The summed E-state index contributed by atoms with van der Waals surface area (Å²) < 4.78 is 0. The Labute approximate surface area is 106 Å². The van der Waals surface area contributed by atoms with Crippen LogP contribution in [-0.2, 0) is 6.42 Å². The van der Waals surface area contributed by atoms with E-state index in [9.17, 15) is 0 Å². The van der Waals surface area contributed by atoms with Gasteiger partial charge in [0.25, 0.3) is 0 Å². The highest BCUT2D eigenvalue weighted by atomic mass is 14.6. The summed E-state index contributed by atoms with van der Waals surface area (Å²) in [5.74, 6) is 0.637. The van der Waals surface area contributed by atoms with Crippen LogP contribution >= 0.6 is 0 Å². The molecule has 0 saturated heterocycles. The van der Waals surface area contributed by atoms with Crippen molar-refractivity contribution in [3.05, 3.63) is 35.4 Å². The molecule has 0 aromatic heterocycles. The van der Waals surface area contributed by atoms with Gasteiger partial charge in [-0.1, -0.05) is 57.9 Å². The SMILES string of the molecule is CCCC(CCC)C(N)c1ccc(CC)cc1. The van der Waals surface area contributed by atoms with Crippen molar-refractivity contribution in [3.8, 4) is 0 Å². The second kappa shape index (κ2) is 7.50. The molecular weight excluding hydrogens is 206 g/mol. The number of rotatable bonds is 7. The summed E-state index contributed by atoms with van der Waals surface area (Å²) in [6.07, 6.45) is 6.04. The largest absolute Gasteiger partial charge is 0.324 e. The molecule has 1 rings (SSSR count). The predicted molar refractivity (Wildman–Crippen MR) is 76.1 cm³/mol. The first-order valence-electron chi connectivity index (χ1n) is 7.07. The number of benzene rings is 1. The molecule has 17 heavy (non-hydrogen) atoms. The van der Waals surface area contributed by atoms with Gasteiger partial charge in [-0.2, -0.15) is 0 Å². The lowest BCUT2D eigenvalue weighted by molar-refractivity contribution is 0.368. The van der Waals surface area contributed by atoms with Gasteiger partial charge in [0, 0.05) is 6.04 Å². The molecule has 1 nitrogen and oxygen atoms in total. The van der Waals surface area contributed by atoms with E-state index in [4.69, 9.17) is 5.73 Å². The number of hydrogen-bond donors (Lipinski definition) is 1. The van der Waals surface area contributed by atoms with E-state index in [2.05, 4.69) is 45.0 Å². The highest BCUT2D eigenvalue weighted by Gasteiger charge is 2.17. The molecule has 1 unspecified atom stereocenters. The predicted octanol–water partition coefficient (Wildman–Crippen LogP) is 4.47. The fourth-order valence-electron chi connectivity index (χ4n) is 2.49. The van der Waals surface area contributed by atoms with Crippen molar-refractivity contribution in [1.29, 1.82) is 0 Å². The van der Waals surface area contributed by atoms with Crippen molar-refractivity contribution >= 4 is 0 Å². The molecule has 0 aliphatic rings. The summed E-state index contributed by atoms with van der Waals surface area (Å²) in [6, 6.07) is 9.05. The van der Waals surface area contributed by atoms with Gasteiger partial charge in [-0.15, -0.1) is 0 Å². The molecule has 1 heteroatoms. The van der Waals surface area contributed by atoms with Crippen LogP contribution in [0, 0.1) is 5.92 Å². The van der Waals surface area contributed by atoms with Crippen LogP contribution < -0.4 is 5.73 Å². The highest BCUT2D eigenvalue weighted by Crippen LogP contribution is 2.27. The zero-order valence-electron chi connectivity index (χ0n) is 11.6. The minimum atomic E-state index is 0.209. The van der Waals surface area contributed by atoms with Crippen molar-refractivity contribution in [3.63, 3.8) is 0 Å². The third-order valence-electron chi connectivity index (χ3n) is 3.60. The van der Waals surface area contributed by atoms with Crippen LogP contribution in [0.5, 0.6) is 0 Å². The maximum absolute atomic E-state index is 6.40. The molecule has 0 fully saturated rings. The van der Waals surface area contributed by atoms with Crippen LogP contribution in [0.1, 0.15) is 63.6 Å². The van der Waals surface area contributed by atoms with E-state index in [0.29, 0.717) is 5.92 Å². The summed E-state index contributed by atoms with van der Waals surface area (Å²) in [5, 5.41) is 0. The maximum atomic E-state index is 6.40. The Morgan fingerprint density at radius 1 is 0.941 bits per heavy atom. The number of nitrogens with two attached hydrogens (primary N) is 1.